The van der Waals surface area contributed by atoms with Gasteiger partial charge in [-0.05, 0) is 43.7 Å². The summed E-state index contributed by atoms with van der Waals surface area (Å²) < 4.78 is 5.28. The Morgan fingerprint density at radius 2 is 2.15 bits per heavy atom. The van der Waals surface area contributed by atoms with Gasteiger partial charge in [0.15, 0.2) is 5.96 Å². The molecule has 0 atom stereocenters. The number of nitrogens with one attached hydrogen (secondary N) is 3. The summed E-state index contributed by atoms with van der Waals surface area (Å²) in [5.74, 6) is 1.90. The average Bonchev–Trinajstić information content (AvgIpc) is 3.03. The molecule has 0 radical (unpaired) electrons. The Morgan fingerprint density at radius 3 is 2.85 bits per heavy atom. The molecule has 0 bridgehead atoms. The number of fused-ring (bicyclic) bond motifs is 1. The zero-order valence-corrected chi connectivity index (χ0v) is 16.0. The summed E-state index contributed by atoms with van der Waals surface area (Å²) in [4.78, 5) is 12.8. The highest BCUT2D eigenvalue weighted by Gasteiger charge is 2.36. The van der Waals surface area contributed by atoms with Gasteiger partial charge >= 0.3 is 0 Å². The van der Waals surface area contributed by atoms with Crippen LogP contribution < -0.4 is 10.6 Å². The van der Waals surface area contributed by atoms with Crippen molar-refractivity contribution in [1.29, 1.82) is 0 Å². The normalized spacial score (nSPS) is 16.5. The summed E-state index contributed by atoms with van der Waals surface area (Å²) in [6.45, 7) is 5.46. The van der Waals surface area contributed by atoms with Gasteiger partial charge in [-0.1, -0.05) is 18.6 Å². The molecular weight excluding hydrogens is 326 g/mol. The van der Waals surface area contributed by atoms with Crippen LogP contribution in [0.4, 0.5) is 0 Å². The smallest absolute Gasteiger partial charge is 0.191 e. The maximum absolute atomic E-state index is 5.28. The standard InChI is InChI=1S/C20H31N5O/c1-3-21-19(23-15-20(10-6-11-20)12-14-26-2)22-13-9-18-24-16-7-4-5-8-17(16)25-18/h4-5,7-8H,3,6,9-15H2,1-2H3,(H,24,25)(H2,21,22,23). The van der Waals surface area contributed by atoms with Crippen LogP contribution in [0.2, 0.25) is 0 Å². The Bertz CT molecular complexity index is 687. The number of aromatic amines is 1. The van der Waals surface area contributed by atoms with Crippen molar-refractivity contribution in [1.82, 2.24) is 20.6 Å². The van der Waals surface area contributed by atoms with Crippen LogP contribution in [-0.4, -0.2) is 49.3 Å². The fraction of sp³-hybridized carbons (Fsp3) is 0.600. The minimum Gasteiger partial charge on any atom is -0.385 e. The first-order valence-corrected chi connectivity index (χ1v) is 9.69. The third-order valence-electron chi connectivity index (χ3n) is 5.26. The fourth-order valence-corrected chi connectivity index (χ4v) is 3.49. The van der Waals surface area contributed by atoms with Crippen LogP contribution in [-0.2, 0) is 11.2 Å². The molecule has 1 heterocycles. The van der Waals surface area contributed by atoms with E-state index in [9.17, 15) is 0 Å². The number of benzene rings is 1. The predicted molar refractivity (Wildman–Crippen MR) is 107 cm³/mol. The number of imidazole rings is 1. The molecule has 2 aromatic rings. The van der Waals surface area contributed by atoms with Crippen molar-refractivity contribution in [3.05, 3.63) is 30.1 Å². The second-order valence-electron chi connectivity index (χ2n) is 7.17. The summed E-state index contributed by atoms with van der Waals surface area (Å²) in [7, 11) is 1.78. The molecule has 0 saturated heterocycles. The van der Waals surface area contributed by atoms with Gasteiger partial charge in [-0.3, -0.25) is 4.99 Å². The largest absolute Gasteiger partial charge is 0.385 e. The Morgan fingerprint density at radius 1 is 1.31 bits per heavy atom. The van der Waals surface area contributed by atoms with Crippen molar-refractivity contribution in [3.63, 3.8) is 0 Å². The maximum atomic E-state index is 5.28. The Balaban J connectivity index is 1.52. The number of H-pyrrole nitrogens is 1. The fourth-order valence-electron chi connectivity index (χ4n) is 3.49. The lowest BCUT2D eigenvalue weighted by molar-refractivity contribution is 0.0778. The second-order valence-corrected chi connectivity index (χ2v) is 7.17. The van der Waals surface area contributed by atoms with E-state index in [-0.39, 0.29) is 0 Å². The van der Waals surface area contributed by atoms with E-state index in [0.717, 1.165) is 61.9 Å². The number of ether oxygens (including phenoxy) is 1. The minimum absolute atomic E-state index is 0.344. The van der Waals surface area contributed by atoms with E-state index >= 15 is 0 Å². The summed E-state index contributed by atoms with van der Waals surface area (Å²) >= 11 is 0. The van der Waals surface area contributed by atoms with Crippen molar-refractivity contribution in [2.24, 2.45) is 10.4 Å². The second kappa shape index (κ2) is 9.03. The van der Waals surface area contributed by atoms with Gasteiger partial charge in [-0.25, -0.2) is 4.98 Å². The van der Waals surface area contributed by atoms with E-state index in [1.807, 2.05) is 18.2 Å². The summed E-state index contributed by atoms with van der Waals surface area (Å²) in [6.07, 6.45) is 5.78. The minimum atomic E-state index is 0.344. The van der Waals surface area contributed by atoms with Gasteiger partial charge in [0.2, 0.25) is 0 Å². The highest BCUT2D eigenvalue weighted by atomic mass is 16.5. The van der Waals surface area contributed by atoms with Crippen LogP contribution in [0, 0.1) is 5.41 Å². The van der Waals surface area contributed by atoms with Gasteiger partial charge in [0, 0.05) is 39.8 Å². The third kappa shape index (κ3) is 4.75. The van der Waals surface area contributed by atoms with Crippen LogP contribution in [0.5, 0.6) is 0 Å². The molecule has 6 nitrogen and oxygen atoms in total. The Hall–Kier alpha value is -2.08. The lowest BCUT2D eigenvalue weighted by Crippen LogP contribution is -2.41. The van der Waals surface area contributed by atoms with Gasteiger partial charge in [-0.2, -0.15) is 0 Å². The summed E-state index contributed by atoms with van der Waals surface area (Å²) in [6, 6.07) is 8.13. The van der Waals surface area contributed by atoms with Crippen LogP contribution >= 0.6 is 0 Å². The first-order chi connectivity index (χ1) is 12.7. The number of hydrogen-bond donors (Lipinski definition) is 3. The van der Waals surface area contributed by atoms with Crippen molar-refractivity contribution >= 4 is 17.0 Å². The molecule has 1 aliphatic rings. The number of aliphatic imine (C=N–C) groups is 1. The zero-order chi connectivity index (χ0) is 18.2. The molecule has 1 aliphatic carbocycles. The number of aromatic nitrogens is 2. The van der Waals surface area contributed by atoms with E-state index in [2.05, 4.69) is 33.6 Å². The van der Waals surface area contributed by atoms with Crippen molar-refractivity contribution < 1.29 is 4.74 Å². The van der Waals surface area contributed by atoms with Crippen LogP contribution in [0.1, 0.15) is 38.4 Å². The van der Waals surface area contributed by atoms with Crippen molar-refractivity contribution in [2.75, 3.05) is 33.4 Å². The van der Waals surface area contributed by atoms with E-state index < -0.39 is 0 Å². The van der Waals surface area contributed by atoms with Crippen LogP contribution in [0.15, 0.2) is 29.3 Å². The molecular formula is C20H31N5O. The van der Waals surface area contributed by atoms with Crippen molar-refractivity contribution in [3.8, 4) is 0 Å². The molecule has 26 heavy (non-hydrogen) atoms. The van der Waals surface area contributed by atoms with Crippen molar-refractivity contribution in [2.45, 2.75) is 39.0 Å². The van der Waals surface area contributed by atoms with Crippen LogP contribution in [0.3, 0.4) is 0 Å². The highest BCUT2D eigenvalue weighted by Crippen LogP contribution is 2.44. The van der Waals surface area contributed by atoms with E-state index in [1.165, 1.54) is 19.3 Å². The Kier molecular flexibility index (Phi) is 6.50. The molecule has 0 aliphatic heterocycles. The van der Waals surface area contributed by atoms with Gasteiger partial charge in [0.05, 0.1) is 11.0 Å². The van der Waals surface area contributed by atoms with E-state index in [1.54, 1.807) is 7.11 Å². The number of methoxy groups -OCH3 is 1. The number of rotatable bonds is 9. The molecule has 1 aromatic carbocycles. The number of hydrogen-bond acceptors (Lipinski definition) is 3. The highest BCUT2D eigenvalue weighted by molar-refractivity contribution is 5.79. The quantitative estimate of drug-likeness (QED) is 0.476. The summed E-state index contributed by atoms with van der Waals surface area (Å²) in [5, 5.41) is 6.79. The van der Waals surface area contributed by atoms with Crippen LogP contribution in [0.25, 0.3) is 11.0 Å². The predicted octanol–water partition coefficient (Wildman–Crippen LogP) is 2.87. The van der Waals surface area contributed by atoms with Gasteiger partial charge < -0.3 is 20.4 Å². The number of guanidine groups is 1. The molecule has 0 unspecified atom stereocenters. The topological polar surface area (TPSA) is 74.3 Å². The average molecular weight is 358 g/mol. The Labute approximate surface area is 155 Å². The first-order valence-electron chi connectivity index (χ1n) is 9.69. The molecule has 3 rings (SSSR count). The van der Waals surface area contributed by atoms with Gasteiger partial charge in [0.25, 0.3) is 0 Å². The SMILES string of the molecule is CCNC(=NCC1(CCOC)CCC1)NCCc1nc2ccccc2[nH]1. The maximum Gasteiger partial charge on any atom is 0.191 e. The lowest BCUT2D eigenvalue weighted by atomic mass is 9.67. The van der Waals surface area contributed by atoms with E-state index in [0.29, 0.717) is 5.41 Å². The first kappa shape index (κ1) is 18.7. The zero-order valence-electron chi connectivity index (χ0n) is 16.0. The molecule has 0 spiro atoms. The monoisotopic (exact) mass is 357 g/mol. The molecule has 1 aromatic heterocycles. The molecule has 6 heteroatoms. The van der Waals surface area contributed by atoms with Gasteiger partial charge in [0.1, 0.15) is 5.82 Å². The number of nitrogens with zero attached hydrogens (tertiary/aromatic N) is 2. The van der Waals surface area contributed by atoms with E-state index in [4.69, 9.17) is 9.73 Å². The molecule has 0 amide bonds. The molecule has 142 valence electrons. The van der Waals surface area contributed by atoms with Gasteiger partial charge in [-0.15, -0.1) is 0 Å². The molecule has 1 fully saturated rings. The lowest BCUT2D eigenvalue weighted by Gasteiger charge is -2.40. The summed E-state index contributed by atoms with van der Waals surface area (Å²) in [5.41, 5.74) is 2.46. The molecule has 3 N–H and O–H groups in total. The third-order valence-corrected chi connectivity index (χ3v) is 5.26. The molecule has 1 saturated carbocycles. The number of para-hydroxylation sites is 2.